The highest BCUT2D eigenvalue weighted by Crippen LogP contribution is 2.18. The number of hydrogen-bond acceptors (Lipinski definition) is 3. The number of amides is 2. The first-order valence-corrected chi connectivity index (χ1v) is 6.91. The quantitative estimate of drug-likeness (QED) is 0.742. The molecule has 0 unspecified atom stereocenters. The van der Waals surface area contributed by atoms with E-state index >= 15 is 0 Å². The molecule has 2 rings (SSSR count). The van der Waals surface area contributed by atoms with Crippen LogP contribution in [0.25, 0.3) is 10.8 Å². The minimum absolute atomic E-state index is 0. The van der Waals surface area contributed by atoms with E-state index in [1.54, 1.807) is 0 Å². The lowest BCUT2D eigenvalue weighted by atomic mass is 10.0. The number of benzene rings is 2. The average molecular weight is 322 g/mol. The van der Waals surface area contributed by atoms with Crippen molar-refractivity contribution in [3.05, 3.63) is 48.0 Å². The molecule has 22 heavy (non-hydrogen) atoms. The molecule has 0 bridgehead atoms. The van der Waals surface area contributed by atoms with Gasteiger partial charge in [0.2, 0.25) is 11.8 Å². The molecular weight excluding hydrogens is 302 g/mol. The van der Waals surface area contributed by atoms with Crippen LogP contribution in [-0.2, 0) is 16.0 Å². The molecule has 118 valence electrons. The lowest BCUT2D eigenvalue weighted by Gasteiger charge is -2.08. The summed E-state index contributed by atoms with van der Waals surface area (Å²) in [6.45, 7) is 0.775. The predicted molar refractivity (Wildman–Crippen MR) is 90.0 cm³/mol. The van der Waals surface area contributed by atoms with Crippen LogP contribution in [0.1, 0.15) is 5.56 Å². The van der Waals surface area contributed by atoms with Gasteiger partial charge in [0.05, 0.1) is 13.0 Å². The van der Waals surface area contributed by atoms with Crippen LogP contribution in [0.2, 0.25) is 0 Å². The van der Waals surface area contributed by atoms with E-state index in [-0.39, 0.29) is 37.2 Å². The van der Waals surface area contributed by atoms with Crippen LogP contribution in [0.15, 0.2) is 42.5 Å². The van der Waals surface area contributed by atoms with Gasteiger partial charge in [-0.15, -0.1) is 12.4 Å². The molecule has 0 fully saturated rings. The average Bonchev–Trinajstić information content (AvgIpc) is 2.51. The molecule has 0 radical (unpaired) electrons. The van der Waals surface area contributed by atoms with E-state index in [0.29, 0.717) is 13.1 Å². The summed E-state index contributed by atoms with van der Waals surface area (Å²) < 4.78 is 0. The first kappa shape index (κ1) is 17.9. The third kappa shape index (κ3) is 5.02. The normalized spacial score (nSPS) is 9.86. The second kappa shape index (κ2) is 9.02. The van der Waals surface area contributed by atoms with Crippen LogP contribution in [0.5, 0.6) is 0 Å². The summed E-state index contributed by atoms with van der Waals surface area (Å²) in [5.41, 5.74) is 6.24. The number of carbonyl (C=O) groups is 2. The van der Waals surface area contributed by atoms with Gasteiger partial charge in [0.25, 0.3) is 0 Å². The van der Waals surface area contributed by atoms with Gasteiger partial charge < -0.3 is 16.4 Å². The van der Waals surface area contributed by atoms with Crippen LogP contribution < -0.4 is 16.4 Å². The van der Waals surface area contributed by atoms with E-state index in [2.05, 4.69) is 10.6 Å². The van der Waals surface area contributed by atoms with Crippen molar-refractivity contribution in [2.75, 3.05) is 19.6 Å². The standard InChI is InChI=1S/C16H19N3O2.ClH/c17-8-9-18-16(21)11-19-15(20)10-13-6-3-5-12-4-1-2-7-14(12)13;/h1-7H,8-11,17H2,(H,18,21)(H,19,20);1H. The third-order valence-electron chi connectivity index (χ3n) is 3.14. The van der Waals surface area contributed by atoms with Gasteiger partial charge >= 0.3 is 0 Å². The van der Waals surface area contributed by atoms with Crippen molar-refractivity contribution >= 4 is 35.0 Å². The SMILES string of the molecule is Cl.NCCNC(=O)CNC(=O)Cc1cccc2ccccc12. The van der Waals surface area contributed by atoms with E-state index in [1.165, 1.54) is 0 Å². The number of rotatable bonds is 6. The maximum atomic E-state index is 11.9. The van der Waals surface area contributed by atoms with Crippen molar-refractivity contribution < 1.29 is 9.59 Å². The number of hydrogen-bond donors (Lipinski definition) is 3. The summed E-state index contributed by atoms with van der Waals surface area (Å²) in [5.74, 6) is -0.402. The number of nitrogens with two attached hydrogens (primary N) is 1. The molecule has 0 aliphatic rings. The van der Waals surface area contributed by atoms with E-state index in [4.69, 9.17) is 5.73 Å². The third-order valence-corrected chi connectivity index (χ3v) is 3.14. The van der Waals surface area contributed by atoms with Crippen LogP contribution in [0, 0.1) is 0 Å². The molecule has 0 saturated heterocycles. The van der Waals surface area contributed by atoms with Crippen LogP contribution in [-0.4, -0.2) is 31.4 Å². The lowest BCUT2D eigenvalue weighted by molar-refractivity contribution is -0.125. The van der Waals surface area contributed by atoms with Crippen LogP contribution in [0.4, 0.5) is 0 Å². The van der Waals surface area contributed by atoms with Gasteiger partial charge in [0.15, 0.2) is 0 Å². The molecule has 0 atom stereocenters. The molecule has 2 aromatic carbocycles. The highest BCUT2D eigenvalue weighted by atomic mass is 35.5. The summed E-state index contributed by atoms with van der Waals surface area (Å²) in [6, 6.07) is 13.8. The Morgan fingerprint density at radius 2 is 1.68 bits per heavy atom. The molecule has 0 heterocycles. The first-order chi connectivity index (χ1) is 10.2. The van der Waals surface area contributed by atoms with Crippen molar-refractivity contribution in [3.8, 4) is 0 Å². The van der Waals surface area contributed by atoms with Crippen molar-refractivity contribution in [2.24, 2.45) is 5.73 Å². The Morgan fingerprint density at radius 3 is 2.45 bits per heavy atom. The molecular formula is C16H20ClN3O2. The fourth-order valence-corrected chi connectivity index (χ4v) is 2.14. The maximum Gasteiger partial charge on any atom is 0.239 e. The molecule has 4 N–H and O–H groups in total. The summed E-state index contributed by atoms with van der Waals surface area (Å²) in [6.07, 6.45) is 0.255. The van der Waals surface area contributed by atoms with Crippen LogP contribution in [0.3, 0.4) is 0 Å². The number of nitrogens with one attached hydrogen (secondary N) is 2. The predicted octanol–water partition coefficient (Wildman–Crippen LogP) is 0.995. The van der Waals surface area contributed by atoms with E-state index in [0.717, 1.165) is 16.3 Å². The molecule has 0 aliphatic heterocycles. The summed E-state index contributed by atoms with van der Waals surface area (Å²) >= 11 is 0. The van der Waals surface area contributed by atoms with Crippen molar-refractivity contribution in [1.82, 2.24) is 10.6 Å². The van der Waals surface area contributed by atoms with Crippen LogP contribution >= 0.6 is 12.4 Å². The van der Waals surface area contributed by atoms with Crippen molar-refractivity contribution in [3.63, 3.8) is 0 Å². The highest BCUT2D eigenvalue weighted by Gasteiger charge is 2.08. The van der Waals surface area contributed by atoms with Gasteiger partial charge in [-0.05, 0) is 16.3 Å². The maximum absolute atomic E-state index is 11.9. The number of halogens is 1. The number of carbonyl (C=O) groups excluding carboxylic acids is 2. The Hall–Kier alpha value is -2.11. The molecule has 0 aromatic heterocycles. The Kier molecular flexibility index (Phi) is 7.36. The smallest absolute Gasteiger partial charge is 0.239 e. The first-order valence-electron chi connectivity index (χ1n) is 6.91. The van der Waals surface area contributed by atoms with Crippen molar-refractivity contribution in [2.45, 2.75) is 6.42 Å². The largest absolute Gasteiger partial charge is 0.353 e. The topological polar surface area (TPSA) is 84.2 Å². The minimum atomic E-state index is -0.230. The Balaban J connectivity index is 0.00000242. The van der Waals surface area contributed by atoms with E-state index in [9.17, 15) is 9.59 Å². The van der Waals surface area contributed by atoms with Gasteiger partial charge in [-0.2, -0.15) is 0 Å². The van der Waals surface area contributed by atoms with Gasteiger partial charge in [-0.25, -0.2) is 0 Å². The monoisotopic (exact) mass is 321 g/mol. The van der Waals surface area contributed by atoms with Gasteiger partial charge in [-0.1, -0.05) is 42.5 Å². The van der Waals surface area contributed by atoms with Gasteiger partial charge in [-0.3, -0.25) is 9.59 Å². The van der Waals surface area contributed by atoms with Gasteiger partial charge in [0.1, 0.15) is 0 Å². The molecule has 0 saturated carbocycles. The highest BCUT2D eigenvalue weighted by molar-refractivity contribution is 5.91. The summed E-state index contributed by atoms with van der Waals surface area (Å²) in [5, 5.41) is 7.37. The zero-order valence-corrected chi connectivity index (χ0v) is 13.0. The van der Waals surface area contributed by atoms with Gasteiger partial charge in [0, 0.05) is 13.1 Å². The number of fused-ring (bicyclic) bond motifs is 1. The molecule has 2 amide bonds. The lowest BCUT2D eigenvalue weighted by Crippen LogP contribution is -2.39. The summed E-state index contributed by atoms with van der Waals surface area (Å²) in [7, 11) is 0. The second-order valence-electron chi connectivity index (χ2n) is 4.73. The molecule has 0 aliphatic carbocycles. The zero-order chi connectivity index (χ0) is 15.1. The molecule has 0 spiro atoms. The molecule has 5 nitrogen and oxygen atoms in total. The Morgan fingerprint density at radius 1 is 0.955 bits per heavy atom. The Bertz CT molecular complexity index is 641. The fourth-order valence-electron chi connectivity index (χ4n) is 2.14. The summed E-state index contributed by atoms with van der Waals surface area (Å²) in [4.78, 5) is 23.3. The minimum Gasteiger partial charge on any atom is -0.353 e. The second-order valence-corrected chi connectivity index (χ2v) is 4.73. The molecule has 6 heteroatoms. The zero-order valence-electron chi connectivity index (χ0n) is 12.2. The van der Waals surface area contributed by atoms with E-state index < -0.39 is 0 Å². The fraction of sp³-hybridized carbons (Fsp3) is 0.250. The molecule has 2 aromatic rings. The van der Waals surface area contributed by atoms with E-state index in [1.807, 2.05) is 42.5 Å². The van der Waals surface area contributed by atoms with Crippen molar-refractivity contribution in [1.29, 1.82) is 0 Å². The Labute approximate surface area is 135 Å².